The molecule has 0 radical (unpaired) electrons. The third-order valence-corrected chi connectivity index (χ3v) is 1.91. The van der Waals surface area contributed by atoms with Crippen molar-refractivity contribution in [2.24, 2.45) is 0 Å². The van der Waals surface area contributed by atoms with Gasteiger partial charge in [0.05, 0.1) is 6.61 Å². The summed E-state index contributed by atoms with van der Waals surface area (Å²) >= 11 is 5.71. The number of rotatable bonds is 3. The van der Waals surface area contributed by atoms with Gasteiger partial charge in [0.15, 0.2) is 6.10 Å². The molecule has 14 heavy (non-hydrogen) atoms. The second kappa shape index (κ2) is 4.98. The van der Waals surface area contributed by atoms with Crippen LogP contribution in [0.5, 0.6) is 0 Å². The van der Waals surface area contributed by atoms with E-state index in [2.05, 4.69) is 4.74 Å². The van der Waals surface area contributed by atoms with Gasteiger partial charge in [-0.15, -0.1) is 0 Å². The zero-order valence-electron chi connectivity index (χ0n) is 7.74. The highest BCUT2D eigenvalue weighted by atomic mass is 35.5. The Bertz CT molecular complexity index is 325. The Labute approximate surface area is 87.3 Å². The first-order chi connectivity index (χ1) is 6.65. The van der Waals surface area contributed by atoms with Gasteiger partial charge in [-0.25, -0.2) is 4.79 Å². The Morgan fingerprint density at radius 3 is 2.93 bits per heavy atom. The third kappa shape index (κ3) is 2.72. The van der Waals surface area contributed by atoms with Crippen LogP contribution in [0.1, 0.15) is 18.6 Å². The Morgan fingerprint density at radius 2 is 2.36 bits per heavy atom. The molecule has 1 aromatic rings. The summed E-state index contributed by atoms with van der Waals surface area (Å²) in [6.45, 7) is 1.93. The maximum absolute atomic E-state index is 11.1. The van der Waals surface area contributed by atoms with E-state index in [1.54, 1.807) is 25.1 Å². The first kappa shape index (κ1) is 11.0. The number of benzene rings is 1. The van der Waals surface area contributed by atoms with E-state index in [0.29, 0.717) is 10.6 Å². The van der Waals surface area contributed by atoms with Crippen molar-refractivity contribution in [1.82, 2.24) is 0 Å². The van der Waals surface area contributed by atoms with Crippen LogP contribution in [0.4, 0.5) is 0 Å². The lowest BCUT2D eigenvalue weighted by atomic mass is 10.1. The molecule has 0 amide bonds. The van der Waals surface area contributed by atoms with Crippen molar-refractivity contribution in [2.75, 3.05) is 6.61 Å². The van der Waals surface area contributed by atoms with Gasteiger partial charge in [-0.05, 0) is 24.6 Å². The van der Waals surface area contributed by atoms with Gasteiger partial charge in [0.2, 0.25) is 0 Å². The quantitative estimate of drug-likeness (QED) is 0.783. The highest BCUT2D eigenvalue weighted by Crippen LogP contribution is 2.18. The summed E-state index contributed by atoms with van der Waals surface area (Å²) in [4.78, 5) is 11.1. The van der Waals surface area contributed by atoms with Crippen LogP contribution in [0.15, 0.2) is 24.3 Å². The van der Waals surface area contributed by atoms with Crippen molar-refractivity contribution in [2.45, 2.75) is 13.0 Å². The lowest BCUT2D eigenvalue weighted by Crippen LogP contribution is -2.15. The maximum Gasteiger partial charge on any atom is 0.339 e. The highest BCUT2D eigenvalue weighted by molar-refractivity contribution is 6.30. The van der Waals surface area contributed by atoms with Crippen LogP contribution in [0.2, 0.25) is 5.02 Å². The standard InChI is InChI=1S/C10H11ClO3/c1-2-14-10(13)9(12)7-4-3-5-8(11)6-7/h3-6,9,12H,2H2,1H3/t9-/m1/s1. The Kier molecular flexibility index (Phi) is 3.92. The third-order valence-electron chi connectivity index (χ3n) is 1.67. The minimum absolute atomic E-state index is 0.246. The molecule has 0 heterocycles. The molecule has 0 saturated heterocycles. The lowest BCUT2D eigenvalue weighted by molar-refractivity contribution is -0.153. The van der Waals surface area contributed by atoms with Crippen molar-refractivity contribution in [3.05, 3.63) is 34.9 Å². The average Bonchev–Trinajstić information content (AvgIpc) is 2.17. The number of halogens is 1. The lowest BCUT2D eigenvalue weighted by Gasteiger charge is -2.09. The number of carbonyl (C=O) groups is 1. The average molecular weight is 215 g/mol. The van der Waals surface area contributed by atoms with E-state index in [1.165, 1.54) is 6.07 Å². The van der Waals surface area contributed by atoms with Gasteiger partial charge in [0.25, 0.3) is 0 Å². The number of aliphatic hydroxyl groups is 1. The number of hydrogen-bond acceptors (Lipinski definition) is 3. The van der Waals surface area contributed by atoms with Crippen LogP contribution in [0, 0.1) is 0 Å². The summed E-state index contributed by atoms with van der Waals surface area (Å²) in [7, 11) is 0. The second-order valence-corrected chi connectivity index (χ2v) is 3.15. The van der Waals surface area contributed by atoms with Crippen molar-refractivity contribution < 1.29 is 14.6 Å². The second-order valence-electron chi connectivity index (χ2n) is 2.71. The van der Waals surface area contributed by atoms with Crippen molar-refractivity contribution >= 4 is 17.6 Å². The molecule has 1 N–H and O–H groups in total. The minimum atomic E-state index is -1.26. The molecule has 0 unspecified atom stereocenters. The van der Waals surface area contributed by atoms with Crippen molar-refractivity contribution in [3.8, 4) is 0 Å². The topological polar surface area (TPSA) is 46.5 Å². The van der Waals surface area contributed by atoms with Gasteiger partial charge in [-0.1, -0.05) is 23.7 Å². The molecule has 1 aromatic carbocycles. The van der Waals surface area contributed by atoms with Gasteiger partial charge in [0, 0.05) is 5.02 Å². The zero-order valence-corrected chi connectivity index (χ0v) is 8.49. The SMILES string of the molecule is CCOC(=O)[C@H](O)c1cccc(Cl)c1. The largest absolute Gasteiger partial charge is 0.464 e. The van der Waals surface area contributed by atoms with E-state index in [0.717, 1.165) is 0 Å². The van der Waals surface area contributed by atoms with Gasteiger partial charge in [-0.2, -0.15) is 0 Å². The van der Waals surface area contributed by atoms with Gasteiger partial charge in [0.1, 0.15) is 0 Å². The molecule has 1 atom stereocenters. The first-order valence-electron chi connectivity index (χ1n) is 4.25. The van der Waals surface area contributed by atoms with E-state index in [-0.39, 0.29) is 6.61 Å². The smallest absolute Gasteiger partial charge is 0.339 e. The van der Waals surface area contributed by atoms with Gasteiger partial charge >= 0.3 is 5.97 Å². The van der Waals surface area contributed by atoms with Crippen LogP contribution in [0.3, 0.4) is 0 Å². The van der Waals surface area contributed by atoms with Gasteiger partial charge in [-0.3, -0.25) is 0 Å². The zero-order chi connectivity index (χ0) is 10.6. The van der Waals surface area contributed by atoms with Crippen LogP contribution < -0.4 is 0 Å². The van der Waals surface area contributed by atoms with E-state index in [1.807, 2.05) is 0 Å². The van der Waals surface area contributed by atoms with Crippen LogP contribution in [0.25, 0.3) is 0 Å². The van der Waals surface area contributed by atoms with Crippen molar-refractivity contribution in [3.63, 3.8) is 0 Å². The molecule has 0 aliphatic heterocycles. The molecular weight excluding hydrogens is 204 g/mol. The number of ether oxygens (including phenoxy) is 1. The fourth-order valence-electron chi connectivity index (χ4n) is 1.03. The van der Waals surface area contributed by atoms with Crippen LogP contribution in [-0.2, 0) is 9.53 Å². The summed E-state index contributed by atoms with van der Waals surface area (Å²) in [5.74, 6) is -0.658. The summed E-state index contributed by atoms with van der Waals surface area (Å²) in [5.41, 5.74) is 0.441. The fourth-order valence-corrected chi connectivity index (χ4v) is 1.23. The van der Waals surface area contributed by atoms with Crippen molar-refractivity contribution in [1.29, 1.82) is 0 Å². The van der Waals surface area contributed by atoms with E-state index >= 15 is 0 Å². The number of aliphatic hydroxyl groups excluding tert-OH is 1. The molecule has 4 heteroatoms. The molecule has 0 saturated carbocycles. The summed E-state index contributed by atoms with van der Waals surface area (Å²) < 4.78 is 4.67. The van der Waals surface area contributed by atoms with Gasteiger partial charge < -0.3 is 9.84 Å². The first-order valence-corrected chi connectivity index (χ1v) is 4.63. The van der Waals surface area contributed by atoms with Crippen LogP contribution >= 0.6 is 11.6 Å². The summed E-state index contributed by atoms with van der Waals surface area (Å²) in [6.07, 6.45) is -1.26. The molecule has 3 nitrogen and oxygen atoms in total. The van der Waals surface area contributed by atoms with Crippen LogP contribution in [-0.4, -0.2) is 17.7 Å². The molecule has 0 fully saturated rings. The number of carbonyl (C=O) groups excluding carboxylic acids is 1. The number of esters is 1. The number of hydrogen-bond donors (Lipinski definition) is 1. The van der Waals surface area contributed by atoms with E-state index in [9.17, 15) is 9.90 Å². The minimum Gasteiger partial charge on any atom is -0.464 e. The predicted octanol–water partition coefficient (Wildman–Crippen LogP) is 1.94. The predicted molar refractivity (Wildman–Crippen MR) is 53.0 cm³/mol. The normalized spacial score (nSPS) is 12.2. The molecule has 0 aliphatic rings. The molecular formula is C10H11ClO3. The monoisotopic (exact) mass is 214 g/mol. The highest BCUT2D eigenvalue weighted by Gasteiger charge is 2.18. The van der Waals surface area contributed by atoms with E-state index < -0.39 is 12.1 Å². The summed E-state index contributed by atoms with van der Waals surface area (Å²) in [6, 6.07) is 6.49. The fraction of sp³-hybridized carbons (Fsp3) is 0.300. The summed E-state index contributed by atoms with van der Waals surface area (Å²) in [5, 5.41) is 9.99. The maximum atomic E-state index is 11.1. The Hall–Kier alpha value is -1.06. The van der Waals surface area contributed by atoms with E-state index in [4.69, 9.17) is 11.6 Å². The molecule has 0 aromatic heterocycles. The molecule has 0 aliphatic carbocycles. The molecule has 1 rings (SSSR count). The Morgan fingerprint density at radius 1 is 1.64 bits per heavy atom. The molecule has 76 valence electrons. The molecule has 0 spiro atoms. The Balaban J connectivity index is 2.78. The molecule has 0 bridgehead atoms.